The fraction of sp³-hybridized carbons (Fsp3) is 0.389. The maximum atomic E-state index is 11.3. The van der Waals surface area contributed by atoms with Gasteiger partial charge in [-0.3, -0.25) is 4.79 Å². The highest BCUT2D eigenvalue weighted by molar-refractivity contribution is 9.10. The first-order valence-electron chi connectivity index (χ1n) is 8.52. The second kappa shape index (κ2) is 10.9. The number of oxime groups is 1. The summed E-state index contributed by atoms with van der Waals surface area (Å²) in [5.74, 6) is 1.40. The molecule has 1 N–H and O–H groups in total. The minimum absolute atomic E-state index is 0.0141. The number of nitrogens with one attached hydrogen (secondary N) is 1. The number of carbonyl (C=O) groups is 1. The Bertz CT molecular complexity index is 782. The number of thiazole rings is 1. The number of carbonyl (C=O) groups excluding carboxylic acids is 1. The average Bonchev–Trinajstić information content (AvgIpc) is 3.08. The number of rotatable bonds is 10. The van der Waals surface area contributed by atoms with E-state index in [4.69, 9.17) is 14.3 Å². The highest BCUT2D eigenvalue weighted by Gasteiger charge is 2.08. The SMILES string of the molecule is CCOc1ccc(Oc2ncc(C=NOC[C@H](C)NC(=O)CC)s2)c(Br)c1. The molecule has 1 amide bonds. The second-order valence-electron chi connectivity index (χ2n) is 5.51. The van der Waals surface area contributed by atoms with Gasteiger partial charge in [-0.05, 0) is 48.0 Å². The normalized spacial score (nSPS) is 12.0. The van der Waals surface area contributed by atoms with Gasteiger partial charge in [-0.25, -0.2) is 4.98 Å². The van der Waals surface area contributed by atoms with Crippen molar-refractivity contribution in [2.75, 3.05) is 13.2 Å². The number of halogens is 1. The van der Waals surface area contributed by atoms with Crippen LogP contribution in [-0.2, 0) is 9.63 Å². The van der Waals surface area contributed by atoms with E-state index in [1.165, 1.54) is 11.3 Å². The molecular formula is C18H22BrN3O4S. The third kappa shape index (κ3) is 7.18. The van der Waals surface area contributed by atoms with Crippen LogP contribution in [0.4, 0.5) is 0 Å². The van der Waals surface area contributed by atoms with Crippen LogP contribution >= 0.6 is 27.3 Å². The molecule has 1 aromatic carbocycles. The highest BCUT2D eigenvalue weighted by Crippen LogP contribution is 2.34. The number of amides is 1. The van der Waals surface area contributed by atoms with Crippen molar-refractivity contribution in [3.05, 3.63) is 33.7 Å². The Morgan fingerprint density at radius 3 is 2.96 bits per heavy atom. The van der Waals surface area contributed by atoms with Crippen molar-refractivity contribution in [3.8, 4) is 16.7 Å². The van der Waals surface area contributed by atoms with E-state index in [1.807, 2.05) is 32.0 Å². The lowest BCUT2D eigenvalue weighted by molar-refractivity contribution is -0.121. The van der Waals surface area contributed by atoms with Crippen LogP contribution in [-0.4, -0.2) is 36.4 Å². The summed E-state index contributed by atoms with van der Waals surface area (Å²) in [4.78, 5) is 21.5. The smallest absolute Gasteiger partial charge is 0.279 e. The predicted molar refractivity (Wildman–Crippen MR) is 109 cm³/mol. The molecule has 1 heterocycles. The summed E-state index contributed by atoms with van der Waals surface area (Å²) in [7, 11) is 0. The Morgan fingerprint density at radius 1 is 1.44 bits per heavy atom. The van der Waals surface area contributed by atoms with Crippen molar-refractivity contribution in [3.63, 3.8) is 0 Å². The summed E-state index contributed by atoms with van der Waals surface area (Å²) in [6.07, 6.45) is 3.66. The van der Waals surface area contributed by atoms with E-state index in [0.717, 1.165) is 15.1 Å². The Kier molecular flexibility index (Phi) is 8.53. The fourth-order valence-corrected chi connectivity index (χ4v) is 3.03. The monoisotopic (exact) mass is 455 g/mol. The lowest BCUT2D eigenvalue weighted by atomic mass is 10.3. The van der Waals surface area contributed by atoms with Gasteiger partial charge in [0.25, 0.3) is 5.19 Å². The minimum atomic E-state index is -0.105. The van der Waals surface area contributed by atoms with E-state index in [9.17, 15) is 4.79 Å². The van der Waals surface area contributed by atoms with E-state index >= 15 is 0 Å². The molecule has 0 saturated heterocycles. The second-order valence-corrected chi connectivity index (χ2v) is 7.39. The first-order chi connectivity index (χ1) is 13.0. The van der Waals surface area contributed by atoms with E-state index in [1.54, 1.807) is 19.3 Å². The number of hydrogen-bond acceptors (Lipinski definition) is 7. The van der Waals surface area contributed by atoms with Crippen molar-refractivity contribution in [2.24, 2.45) is 5.16 Å². The molecule has 0 spiro atoms. The van der Waals surface area contributed by atoms with Gasteiger partial charge in [0.1, 0.15) is 18.1 Å². The third-order valence-electron chi connectivity index (χ3n) is 3.22. The molecule has 0 aliphatic heterocycles. The molecule has 0 bridgehead atoms. The first-order valence-corrected chi connectivity index (χ1v) is 10.1. The van der Waals surface area contributed by atoms with Gasteiger partial charge in [-0.2, -0.15) is 0 Å². The average molecular weight is 456 g/mol. The van der Waals surface area contributed by atoms with Crippen LogP contribution in [0.15, 0.2) is 34.0 Å². The molecule has 7 nitrogen and oxygen atoms in total. The van der Waals surface area contributed by atoms with Crippen molar-refractivity contribution in [1.82, 2.24) is 10.3 Å². The molecule has 2 aromatic rings. The summed E-state index contributed by atoms with van der Waals surface area (Å²) in [5, 5.41) is 7.18. The van der Waals surface area contributed by atoms with E-state index in [0.29, 0.717) is 30.6 Å². The molecule has 0 aliphatic rings. The Labute approximate surface area is 170 Å². The minimum Gasteiger partial charge on any atom is -0.494 e. The summed E-state index contributed by atoms with van der Waals surface area (Å²) >= 11 is 4.80. The van der Waals surface area contributed by atoms with Gasteiger partial charge in [0.05, 0.1) is 34.4 Å². The third-order valence-corrected chi connectivity index (χ3v) is 4.65. The van der Waals surface area contributed by atoms with E-state index in [2.05, 4.69) is 31.4 Å². The molecule has 0 unspecified atom stereocenters. The van der Waals surface area contributed by atoms with Crippen LogP contribution in [0, 0.1) is 0 Å². The van der Waals surface area contributed by atoms with Crippen molar-refractivity contribution in [2.45, 2.75) is 33.2 Å². The van der Waals surface area contributed by atoms with Crippen molar-refractivity contribution in [1.29, 1.82) is 0 Å². The number of benzene rings is 1. The fourth-order valence-electron chi connectivity index (χ4n) is 1.95. The van der Waals surface area contributed by atoms with Crippen LogP contribution in [0.25, 0.3) is 0 Å². The number of hydrogen-bond donors (Lipinski definition) is 1. The van der Waals surface area contributed by atoms with Gasteiger partial charge in [0.2, 0.25) is 5.91 Å². The summed E-state index contributed by atoms with van der Waals surface area (Å²) < 4.78 is 12.0. The molecule has 1 aromatic heterocycles. The number of ether oxygens (including phenoxy) is 2. The number of aromatic nitrogens is 1. The Hall–Kier alpha value is -2.13. The Balaban J connectivity index is 1.85. The quantitative estimate of drug-likeness (QED) is 0.424. The van der Waals surface area contributed by atoms with Crippen LogP contribution in [0.5, 0.6) is 16.7 Å². The van der Waals surface area contributed by atoms with E-state index in [-0.39, 0.29) is 11.9 Å². The molecule has 0 radical (unpaired) electrons. The topological polar surface area (TPSA) is 82.0 Å². The molecule has 2 rings (SSSR count). The molecule has 0 aliphatic carbocycles. The van der Waals surface area contributed by atoms with Gasteiger partial charge < -0.3 is 19.6 Å². The van der Waals surface area contributed by atoms with Crippen LogP contribution in [0.1, 0.15) is 32.1 Å². The predicted octanol–water partition coefficient (Wildman–Crippen LogP) is 4.36. The van der Waals surface area contributed by atoms with Crippen LogP contribution < -0.4 is 14.8 Å². The molecule has 1 atom stereocenters. The summed E-state index contributed by atoms with van der Waals surface area (Å²) in [5.41, 5.74) is 0. The highest BCUT2D eigenvalue weighted by atomic mass is 79.9. The molecule has 9 heteroatoms. The maximum absolute atomic E-state index is 11.3. The summed E-state index contributed by atoms with van der Waals surface area (Å²) in [6.45, 7) is 6.49. The van der Waals surface area contributed by atoms with Crippen LogP contribution in [0.3, 0.4) is 0 Å². The standard InChI is InChI=1S/C18H22BrN3O4S/c1-4-17(23)22-12(3)11-25-21-10-14-9-20-18(27-14)26-16-7-6-13(24-5-2)8-15(16)19/h6-10,12H,4-5,11H2,1-3H3,(H,22,23)/t12-/m0/s1. The van der Waals surface area contributed by atoms with E-state index < -0.39 is 0 Å². The lowest BCUT2D eigenvalue weighted by Crippen LogP contribution is -2.34. The van der Waals surface area contributed by atoms with Gasteiger partial charge in [0, 0.05) is 6.42 Å². The van der Waals surface area contributed by atoms with Crippen LogP contribution in [0.2, 0.25) is 0 Å². The largest absolute Gasteiger partial charge is 0.494 e. The molecule has 0 fully saturated rings. The summed E-state index contributed by atoms with van der Waals surface area (Å²) in [6, 6.07) is 5.40. The molecule has 146 valence electrons. The van der Waals surface area contributed by atoms with Gasteiger partial charge in [0.15, 0.2) is 0 Å². The first kappa shape index (κ1) is 21.2. The van der Waals surface area contributed by atoms with Gasteiger partial charge >= 0.3 is 0 Å². The zero-order valence-corrected chi connectivity index (χ0v) is 17.8. The molecule has 27 heavy (non-hydrogen) atoms. The Morgan fingerprint density at radius 2 is 2.26 bits per heavy atom. The zero-order valence-electron chi connectivity index (χ0n) is 15.4. The molecule has 0 saturated carbocycles. The molecular weight excluding hydrogens is 434 g/mol. The van der Waals surface area contributed by atoms with Gasteiger partial charge in [-0.1, -0.05) is 23.4 Å². The van der Waals surface area contributed by atoms with Crippen molar-refractivity contribution < 1.29 is 19.1 Å². The van der Waals surface area contributed by atoms with Gasteiger partial charge in [-0.15, -0.1) is 0 Å². The maximum Gasteiger partial charge on any atom is 0.279 e. The number of nitrogens with zero attached hydrogens (tertiary/aromatic N) is 2. The van der Waals surface area contributed by atoms with Crippen molar-refractivity contribution >= 4 is 39.4 Å². The zero-order chi connectivity index (χ0) is 19.6. The lowest BCUT2D eigenvalue weighted by Gasteiger charge is -2.10.